The smallest absolute Gasteiger partial charge is 0.326 e. The molecule has 1 amide bonds. The Bertz CT molecular complexity index is 661. The van der Waals surface area contributed by atoms with Crippen molar-refractivity contribution in [3.63, 3.8) is 0 Å². The zero-order valence-corrected chi connectivity index (χ0v) is 11.4. The van der Waals surface area contributed by atoms with Crippen molar-refractivity contribution in [1.82, 2.24) is 15.3 Å². The van der Waals surface area contributed by atoms with E-state index in [2.05, 4.69) is 15.3 Å². The third kappa shape index (κ3) is 3.79. The van der Waals surface area contributed by atoms with Gasteiger partial charge in [-0.25, -0.2) is 14.2 Å². The summed E-state index contributed by atoms with van der Waals surface area (Å²) in [5, 5.41) is 11.3. The van der Waals surface area contributed by atoms with Crippen molar-refractivity contribution in [2.75, 3.05) is 0 Å². The van der Waals surface area contributed by atoms with Gasteiger partial charge in [0.05, 0.1) is 11.3 Å². The van der Waals surface area contributed by atoms with Crippen molar-refractivity contribution in [3.8, 4) is 0 Å². The molecule has 0 fully saturated rings. The molecule has 3 N–H and O–H groups in total. The van der Waals surface area contributed by atoms with Crippen LogP contribution in [0.2, 0.25) is 5.02 Å². The van der Waals surface area contributed by atoms with Crippen LogP contribution >= 0.6 is 11.6 Å². The summed E-state index contributed by atoms with van der Waals surface area (Å²) in [6.07, 6.45) is 2.93. The number of carboxylic acids is 1. The van der Waals surface area contributed by atoms with Gasteiger partial charge in [0.2, 0.25) is 0 Å². The lowest BCUT2D eigenvalue weighted by molar-refractivity contribution is -0.139. The van der Waals surface area contributed by atoms with E-state index >= 15 is 0 Å². The maximum atomic E-state index is 13.0. The molecule has 0 aliphatic heterocycles. The predicted molar refractivity (Wildman–Crippen MR) is 72.6 cm³/mol. The quantitative estimate of drug-likeness (QED) is 0.782. The Morgan fingerprint density at radius 3 is 2.81 bits per heavy atom. The highest BCUT2D eigenvalue weighted by atomic mass is 35.5. The van der Waals surface area contributed by atoms with Crippen LogP contribution in [-0.4, -0.2) is 33.0 Å². The zero-order valence-electron chi connectivity index (χ0n) is 10.6. The predicted octanol–water partition coefficient (Wildman–Crippen LogP) is 1.63. The van der Waals surface area contributed by atoms with Gasteiger partial charge in [-0.05, 0) is 18.2 Å². The van der Waals surface area contributed by atoms with Crippen molar-refractivity contribution in [1.29, 1.82) is 0 Å². The third-order valence-corrected chi connectivity index (χ3v) is 3.05. The fourth-order valence-corrected chi connectivity index (χ4v) is 1.88. The molecular weight excluding hydrogens is 301 g/mol. The van der Waals surface area contributed by atoms with Crippen LogP contribution in [0.15, 0.2) is 30.7 Å². The first-order valence-corrected chi connectivity index (χ1v) is 6.31. The number of benzene rings is 1. The van der Waals surface area contributed by atoms with Crippen LogP contribution in [0.4, 0.5) is 4.39 Å². The molecule has 0 bridgehead atoms. The molecule has 1 aromatic heterocycles. The van der Waals surface area contributed by atoms with Crippen molar-refractivity contribution in [2.24, 2.45) is 0 Å². The summed E-state index contributed by atoms with van der Waals surface area (Å²) >= 11 is 5.59. The van der Waals surface area contributed by atoms with E-state index in [-0.39, 0.29) is 17.0 Å². The molecular formula is C13H11ClFN3O3. The molecule has 0 saturated heterocycles. The monoisotopic (exact) mass is 311 g/mol. The highest BCUT2D eigenvalue weighted by Crippen LogP contribution is 2.16. The summed E-state index contributed by atoms with van der Waals surface area (Å²) in [6.45, 7) is 0. The summed E-state index contributed by atoms with van der Waals surface area (Å²) in [5.74, 6) is -2.49. The third-order valence-electron chi connectivity index (χ3n) is 2.76. The number of hydrogen-bond donors (Lipinski definition) is 3. The van der Waals surface area contributed by atoms with Crippen LogP contribution in [0.25, 0.3) is 0 Å². The first kappa shape index (κ1) is 15.0. The van der Waals surface area contributed by atoms with Crippen molar-refractivity contribution in [2.45, 2.75) is 12.5 Å². The number of carbonyl (C=O) groups excluding carboxylic acids is 1. The number of nitrogens with zero attached hydrogens (tertiary/aromatic N) is 1. The van der Waals surface area contributed by atoms with Crippen molar-refractivity contribution in [3.05, 3.63) is 52.8 Å². The van der Waals surface area contributed by atoms with Gasteiger partial charge in [-0.3, -0.25) is 4.79 Å². The highest BCUT2D eigenvalue weighted by Gasteiger charge is 2.22. The average Bonchev–Trinajstić information content (AvgIpc) is 2.93. The molecule has 110 valence electrons. The number of amides is 1. The largest absolute Gasteiger partial charge is 0.480 e. The van der Waals surface area contributed by atoms with E-state index in [0.717, 1.165) is 12.1 Å². The number of aromatic amines is 1. The Labute approximate surface area is 124 Å². The molecule has 8 heteroatoms. The first-order chi connectivity index (χ1) is 9.97. The summed E-state index contributed by atoms with van der Waals surface area (Å²) in [5.41, 5.74) is 0.650. The van der Waals surface area contributed by atoms with Gasteiger partial charge in [-0.2, -0.15) is 0 Å². The lowest BCUT2D eigenvalue weighted by Crippen LogP contribution is -2.42. The molecule has 0 aliphatic rings. The van der Waals surface area contributed by atoms with Crippen LogP contribution in [0.5, 0.6) is 0 Å². The average molecular weight is 312 g/mol. The lowest BCUT2D eigenvalue weighted by Gasteiger charge is -2.13. The van der Waals surface area contributed by atoms with E-state index in [4.69, 9.17) is 16.7 Å². The molecule has 1 aromatic carbocycles. The number of carboxylic acid groups (broad SMARTS) is 1. The number of aromatic nitrogens is 2. The van der Waals surface area contributed by atoms with E-state index in [1.807, 2.05) is 0 Å². The number of carbonyl (C=O) groups is 2. The van der Waals surface area contributed by atoms with Gasteiger partial charge in [0.15, 0.2) is 0 Å². The number of hydrogen-bond acceptors (Lipinski definition) is 3. The SMILES string of the molecule is O=C(NC(Cc1cnc[nH]1)C(=O)O)c1ccc(F)c(Cl)c1. The Hall–Kier alpha value is -2.41. The van der Waals surface area contributed by atoms with Crippen molar-refractivity contribution < 1.29 is 19.1 Å². The van der Waals surface area contributed by atoms with E-state index in [0.29, 0.717) is 5.69 Å². The van der Waals surface area contributed by atoms with Crippen LogP contribution < -0.4 is 5.32 Å². The molecule has 2 aromatic rings. The van der Waals surface area contributed by atoms with Crippen LogP contribution in [0, 0.1) is 5.82 Å². The fraction of sp³-hybridized carbons (Fsp3) is 0.154. The molecule has 0 radical (unpaired) electrons. The number of nitrogens with one attached hydrogen (secondary N) is 2. The maximum absolute atomic E-state index is 13.0. The van der Waals surface area contributed by atoms with Gasteiger partial charge < -0.3 is 15.4 Å². The van der Waals surface area contributed by atoms with Gasteiger partial charge in [-0.1, -0.05) is 11.6 Å². The first-order valence-electron chi connectivity index (χ1n) is 5.93. The normalized spacial score (nSPS) is 11.9. The molecule has 1 unspecified atom stereocenters. The maximum Gasteiger partial charge on any atom is 0.326 e. The van der Waals surface area contributed by atoms with Crippen LogP contribution in [0.3, 0.4) is 0 Å². The van der Waals surface area contributed by atoms with Gasteiger partial charge >= 0.3 is 5.97 Å². The highest BCUT2D eigenvalue weighted by molar-refractivity contribution is 6.31. The topological polar surface area (TPSA) is 95.1 Å². The molecule has 21 heavy (non-hydrogen) atoms. The van der Waals surface area contributed by atoms with Crippen molar-refractivity contribution >= 4 is 23.5 Å². The molecule has 0 aliphatic carbocycles. The minimum absolute atomic E-state index is 0.0516. The molecule has 1 atom stereocenters. The zero-order chi connectivity index (χ0) is 15.4. The van der Waals surface area contributed by atoms with E-state index in [1.165, 1.54) is 18.6 Å². The van der Waals surface area contributed by atoms with Crippen LogP contribution in [0.1, 0.15) is 16.1 Å². The number of H-pyrrole nitrogens is 1. The van der Waals surface area contributed by atoms with Gasteiger partial charge in [0.1, 0.15) is 11.9 Å². The minimum Gasteiger partial charge on any atom is -0.480 e. The second-order valence-corrected chi connectivity index (χ2v) is 4.68. The number of aliphatic carboxylic acids is 1. The van der Waals surface area contributed by atoms with E-state index in [1.54, 1.807) is 0 Å². The molecule has 1 heterocycles. The number of rotatable bonds is 5. The second-order valence-electron chi connectivity index (χ2n) is 4.27. The summed E-state index contributed by atoms with van der Waals surface area (Å²) in [6, 6.07) is 2.27. The van der Waals surface area contributed by atoms with E-state index < -0.39 is 23.7 Å². The lowest BCUT2D eigenvalue weighted by atomic mass is 10.1. The van der Waals surface area contributed by atoms with Gasteiger partial charge in [0.25, 0.3) is 5.91 Å². The Morgan fingerprint density at radius 1 is 1.48 bits per heavy atom. The summed E-state index contributed by atoms with van der Waals surface area (Å²) in [4.78, 5) is 29.7. The molecule has 2 rings (SSSR count). The van der Waals surface area contributed by atoms with Gasteiger partial charge in [-0.15, -0.1) is 0 Å². The summed E-state index contributed by atoms with van der Waals surface area (Å²) < 4.78 is 13.0. The van der Waals surface area contributed by atoms with Gasteiger partial charge in [0, 0.05) is 23.9 Å². The number of halogens is 2. The number of imidazole rings is 1. The molecule has 0 spiro atoms. The second kappa shape index (κ2) is 6.36. The van der Waals surface area contributed by atoms with Crippen LogP contribution in [-0.2, 0) is 11.2 Å². The molecule has 0 saturated carbocycles. The van der Waals surface area contributed by atoms with E-state index in [9.17, 15) is 14.0 Å². The Morgan fingerprint density at radius 2 is 2.24 bits per heavy atom. The fourth-order valence-electron chi connectivity index (χ4n) is 1.70. The summed E-state index contributed by atoms with van der Waals surface area (Å²) in [7, 11) is 0. The minimum atomic E-state index is -1.19. The Kier molecular flexibility index (Phi) is 4.54. The standard InChI is InChI=1S/C13H11ClFN3O3/c14-9-3-7(1-2-10(9)15)12(19)18-11(13(20)21)4-8-5-16-6-17-8/h1-3,5-6,11H,4H2,(H,16,17)(H,18,19)(H,20,21). The Balaban J connectivity index is 2.10. The molecule has 6 nitrogen and oxygen atoms in total.